The molecule has 0 fully saturated rings. The second kappa shape index (κ2) is 5.18. The smallest absolute Gasteiger partial charge is 0.360 e. The number of hydrogen-bond acceptors (Lipinski definition) is 3. The van der Waals surface area contributed by atoms with Crippen LogP contribution in [-0.4, -0.2) is 22.7 Å². The topological polar surface area (TPSA) is 37.8 Å². The molecular weight excluding hydrogens is 255 g/mol. The molecule has 0 spiro atoms. The summed E-state index contributed by atoms with van der Waals surface area (Å²) in [6.07, 6.45) is -2.97. The van der Waals surface area contributed by atoms with Crippen molar-refractivity contribution in [3.63, 3.8) is 0 Å². The van der Waals surface area contributed by atoms with Gasteiger partial charge in [-0.25, -0.2) is 4.98 Å². The number of hydrogen-bond donors (Lipinski definition) is 1. The van der Waals surface area contributed by atoms with Gasteiger partial charge in [0.05, 0.1) is 17.2 Å². The van der Waals surface area contributed by atoms with E-state index in [9.17, 15) is 13.2 Å². The van der Waals surface area contributed by atoms with Crippen molar-refractivity contribution in [3.05, 3.63) is 30.5 Å². The van der Waals surface area contributed by atoms with E-state index in [1.807, 2.05) is 0 Å². The van der Waals surface area contributed by atoms with Gasteiger partial charge in [-0.05, 0) is 12.1 Å². The number of alkyl halides is 3. The third-order valence-electron chi connectivity index (χ3n) is 1.92. The summed E-state index contributed by atoms with van der Waals surface area (Å²) >= 11 is 0. The fourth-order valence-corrected chi connectivity index (χ4v) is 1.23. The van der Waals surface area contributed by atoms with Crippen LogP contribution in [0.4, 0.5) is 19.0 Å². The van der Waals surface area contributed by atoms with E-state index in [1.54, 1.807) is 24.3 Å². The van der Waals surface area contributed by atoms with Crippen LogP contribution in [0, 0.1) is 0 Å². The molecule has 2 rings (SSSR count). The first-order valence-electron chi connectivity index (χ1n) is 4.57. The lowest BCUT2D eigenvalue weighted by Gasteiger charge is -2.08. The van der Waals surface area contributed by atoms with E-state index in [2.05, 4.69) is 15.3 Å². The molecular formula is C10H9ClF3N3. The molecule has 0 atom stereocenters. The van der Waals surface area contributed by atoms with Crippen LogP contribution in [0.15, 0.2) is 30.5 Å². The molecule has 0 bridgehead atoms. The molecule has 0 unspecified atom stereocenters. The minimum atomic E-state index is -4.26. The van der Waals surface area contributed by atoms with Crippen molar-refractivity contribution < 1.29 is 13.2 Å². The summed E-state index contributed by atoms with van der Waals surface area (Å²) < 4.78 is 35.8. The SMILES string of the molecule is Cl.FC(F)(F)CNc1cnc2ccccc2n1. The largest absolute Gasteiger partial charge is 0.405 e. The second-order valence-corrected chi connectivity index (χ2v) is 3.21. The predicted octanol–water partition coefficient (Wildman–Crippen LogP) is 3.03. The number of aromatic nitrogens is 2. The summed E-state index contributed by atoms with van der Waals surface area (Å²) in [7, 11) is 0. The first kappa shape index (κ1) is 13.5. The maximum absolute atomic E-state index is 11.9. The molecule has 17 heavy (non-hydrogen) atoms. The number of rotatable bonds is 2. The van der Waals surface area contributed by atoms with Gasteiger partial charge in [-0.15, -0.1) is 12.4 Å². The lowest BCUT2D eigenvalue weighted by molar-refractivity contribution is -0.115. The minimum Gasteiger partial charge on any atom is -0.360 e. The van der Waals surface area contributed by atoms with Gasteiger partial charge in [-0.1, -0.05) is 12.1 Å². The molecule has 3 nitrogen and oxygen atoms in total. The molecule has 1 N–H and O–H groups in total. The van der Waals surface area contributed by atoms with Crippen LogP contribution in [0.2, 0.25) is 0 Å². The van der Waals surface area contributed by atoms with Gasteiger partial charge in [-0.3, -0.25) is 4.98 Å². The molecule has 0 aliphatic rings. The van der Waals surface area contributed by atoms with Crippen LogP contribution in [0.5, 0.6) is 0 Å². The molecule has 1 aromatic heterocycles. The monoisotopic (exact) mass is 263 g/mol. The Hall–Kier alpha value is -1.56. The summed E-state index contributed by atoms with van der Waals surface area (Å²) in [5, 5.41) is 2.18. The highest BCUT2D eigenvalue weighted by molar-refractivity contribution is 5.85. The maximum atomic E-state index is 11.9. The van der Waals surface area contributed by atoms with Crippen LogP contribution in [0.3, 0.4) is 0 Å². The first-order valence-corrected chi connectivity index (χ1v) is 4.57. The lowest BCUT2D eigenvalue weighted by atomic mass is 10.3. The summed E-state index contributed by atoms with van der Waals surface area (Å²) in [5.41, 5.74) is 1.22. The van der Waals surface area contributed by atoms with Gasteiger partial charge in [0, 0.05) is 0 Å². The van der Waals surface area contributed by atoms with E-state index in [0.717, 1.165) is 0 Å². The van der Waals surface area contributed by atoms with Crippen molar-refractivity contribution in [1.82, 2.24) is 9.97 Å². The highest BCUT2D eigenvalue weighted by atomic mass is 35.5. The Morgan fingerprint density at radius 2 is 1.76 bits per heavy atom. The number of benzene rings is 1. The molecule has 0 radical (unpaired) electrons. The maximum Gasteiger partial charge on any atom is 0.405 e. The van der Waals surface area contributed by atoms with Gasteiger partial charge < -0.3 is 5.32 Å². The Balaban J connectivity index is 0.00000144. The van der Waals surface area contributed by atoms with Crippen LogP contribution >= 0.6 is 12.4 Å². The Bertz CT molecular complexity index is 501. The van der Waals surface area contributed by atoms with E-state index in [-0.39, 0.29) is 18.2 Å². The number of nitrogens with one attached hydrogen (secondary N) is 1. The standard InChI is InChI=1S/C10H8F3N3.ClH/c11-10(12,13)6-15-9-5-14-7-3-1-2-4-8(7)16-9;/h1-5H,6H2,(H,15,16);1H. The normalized spacial score (nSPS) is 11.0. The number of para-hydroxylation sites is 2. The zero-order valence-electron chi connectivity index (χ0n) is 8.53. The predicted molar refractivity (Wildman–Crippen MR) is 61.3 cm³/mol. The Morgan fingerprint density at radius 1 is 1.12 bits per heavy atom. The van der Waals surface area contributed by atoms with Gasteiger partial charge in [0.2, 0.25) is 0 Å². The number of halogens is 4. The molecule has 0 saturated heterocycles. The zero-order chi connectivity index (χ0) is 11.6. The fraction of sp³-hybridized carbons (Fsp3) is 0.200. The van der Waals surface area contributed by atoms with Crippen LogP contribution in [-0.2, 0) is 0 Å². The molecule has 1 aromatic carbocycles. The summed E-state index contributed by atoms with van der Waals surface area (Å²) in [6.45, 7) is -1.11. The van der Waals surface area contributed by atoms with E-state index in [4.69, 9.17) is 0 Å². The molecule has 7 heteroatoms. The minimum absolute atomic E-state index is 0. The van der Waals surface area contributed by atoms with Gasteiger partial charge >= 0.3 is 6.18 Å². The van der Waals surface area contributed by atoms with Crippen molar-refractivity contribution in [2.45, 2.75) is 6.18 Å². The highest BCUT2D eigenvalue weighted by Gasteiger charge is 2.26. The quantitative estimate of drug-likeness (QED) is 0.905. The third-order valence-corrected chi connectivity index (χ3v) is 1.92. The molecule has 2 aromatic rings. The summed E-state index contributed by atoms with van der Waals surface area (Å²) in [6, 6.07) is 6.99. The van der Waals surface area contributed by atoms with E-state index < -0.39 is 12.7 Å². The Labute approximate surface area is 101 Å². The van der Waals surface area contributed by atoms with E-state index in [1.165, 1.54) is 6.20 Å². The van der Waals surface area contributed by atoms with Crippen LogP contribution in [0.1, 0.15) is 0 Å². The van der Waals surface area contributed by atoms with Crippen molar-refractivity contribution in [2.24, 2.45) is 0 Å². The van der Waals surface area contributed by atoms with Crippen molar-refractivity contribution >= 4 is 29.3 Å². The average molecular weight is 264 g/mol. The molecule has 1 heterocycles. The first-order chi connectivity index (χ1) is 7.54. The van der Waals surface area contributed by atoms with Crippen LogP contribution in [0.25, 0.3) is 11.0 Å². The Kier molecular flexibility index (Phi) is 4.11. The van der Waals surface area contributed by atoms with Gasteiger partial charge in [0.1, 0.15) is 12.4 Å². The zero-order valence-corrected chi connectivity index (χ0v) is 9.35. The average Bonchev–Trinajstić information content (AvgIpc) is 2.25. The van der Waals surface area contributed by atoms with Gasteiger partial charge in [0.25, 0.3) is 0 Å². The van der Waals surface area contributed by atoms with E-state index in [0.29, 0.717) is 11.0 Å². The van der Waals surface area contributed by atoms with Crippen molar-refractivity contribution in [1.29, 1.82) is 0 Å². The van der Waals surface area contributed by atoms with E-state index >= 15 is 0 Å². The number of fused-ring (bicyclic) bond motifs is 1. The molecule has 92 valence electrons. The second-order valence-electron chi connectivity index (χ2n) is 3.21. The van der Waals surface area contributed by atoms with Crippen molar-refractivity contribution in [2.75, 3.05) is 11.9 Å². The third kappa shape index (κ3) is 3.74. The lowest BCUT2D eigenvalue weighted by Crippen LogP contribution is -2.21. The number of anilines is 1. The molecule has 0 amide bonds. The van der Waals surface area contributed by atoms with Gasteiger partial charge in [-0.2, -0.15) is 13.2 Å². The Morgan fingerprint density at radius 3 is 2.41 bits per heavy atom. The van der Waals surface area contributed by atoms with Gasteiger partial charge in [0.15, 0.2) is 0 Å². The highest BCUT2D eigenvalue weighted by Crippen LogP contribution is 2.16. The number of nitrogens with zero attached hydrogens (tertiary/aromatic N) is 2. The van der Waals surface area contributed by atoms with Crippen molar-refractivity contribution in [3.8, 4) is 0 Å². The molecule has 0 aliphatic heterocycles. The molecule has 0 aliphatic carbocycles. The summed E-state index contributed by atoms with van der Waals surface area (Å²) in [4.78, 5) is 7.99. The van der Waals surface area contributed by atoms with Crippen LogP contribution < -0.4 is 5.32 Å². The fourth-order valence-electron chi connectivity index (χ4n) is 1.23. The summed E-state index contributed by atoms with van der Waals surface area (Å²) in [5.74, 6) is 0.121. The molecule has 0 saturated carbocycles.